The number of nitrogens with zero attached hydrogens (tertiary/aromatic N) is 2. The van der Waals surface area contributed by atoms with Gasteiger partial charge in [0, 0.05) is 38.1 Å². The minimum absolute atomic E-state index is 0. The van der Waals surface area contributed by atoms with Gasteiger partial charge in [0.05, 0.1) is 17.9 Å². The van der Waals surface area contributed by atoms with Gasteiger partial charge in [0.15, 0.2) is 0 Å². The first-order valence-corrected chi connectivity index (χ1v) is 13.8. The summed E-state index contributed by atoms with van der Waals surface area (Å²) >= 11 is 0. The molecule has 7 rings (SSSR count). The van der Waals surface area contributed by atoms with Crippen LogP contribution >= 0.6 is 0 Å². The van der Waals surface area contributed by atoms with E-state index in [0.29, 0.717) is 6.54 Å². The van der Waals surface area contributed by atoms with Crippen LogP contribution in [0.3, 0.4) is 0 Å². The molecular formula is C34H36F2N2O2. The van der Waals surface area contributed by atoms with E-state index in [1.54, 1.807) is 0 Å². The lowest BCUT2D eigenvalue weighted by molar-refractivity contribution is 0.0400. The molecule has 4 aromatic rings. The van der Waals surface area contributed by atoms with Gasteiger partial charge in [-0.1, -0.05) is 92.4 Å². The average Bonchev–Trinajstić information content (AvgIpc) is 3.58. The topological polar surface area (TPSA) is 35.9 Å². The van der Waals surface area contributed by atoms with Gasteiger partial charge in [-0.05, 0) is 33.7 Å². The van der Waals surface area contributed by atoms with Gasteiger partial charge >= 0.3 is 0 Å². The number of ether oxygens (including phenoxy) is 1. The van der Waals surface area contributed by atoms with Crippen LogP contribution in [0.2, 0.25) is 0 Å². The first-order valence-electron chi connectivity index (χ1n) is 13.8. The van der Waals surface area contributed by atoms with Gasteiger partial charge < -0.3 is 9.84 Å². The molecule has 1 unspecified atom stereocenters. The molecule has 1 N–H and O–H groups in total. The highest BCUT2D eigenvalue weighted by atomic mass is 19.3. The van der Waals surface area contributed by atoms with Crippen molar-refractivity contribution in [3.05, 3.63) is 113 Å². The lowest BCUT2D eigenvalue weighted by Gasteiger charge is -2.41. The Hall–Kier alpha value is -3.32. The van der Waals surface area contributed by atoms with E-state index in [9.17, 15) is 13.9 Å². The number of alkyl halides is 2. The Kier molecular flexibility index (Phi) is 7.11. The second-order valence-corrected chi connectivity index (χ2v) is 11.1. The molecule has 0 aromatic heterocycles. The maximum atomic E-state index is 15.0. The molecule has 4 atom stereocenters. The summed E-state index contributed by atoms with van der Waals surface area (Å²) in [6, 6.07) is 29.6. The molecule has 1 heterocycles. The van der Waals surface area contributed by atoms with Crippen LogP contribution in [0.25, 0.3) is 10.8 Å². The summed E-state index contributed by atoms with van der Waals surface area (Å²) in [5, 5.41) is 12.9. The fourth-order valence-corrected chi connectivity index (χ4v) is 6.81. The lowest BCUT2D eigenvalue weighted by Crippen LogP contribution is -2.50. The standard InChI is InChI=1S/C33H32F2N2O2.CH4/c34-33(35)30-25-11-3-5-13-27(25)32(28-14-6-4-12-26(28)31(30)33)37-18-16-36(17-19-37)20-23(38)21-39-29-15-7-9-22-8-1-2-10-24(22)29;/h1-15,23,30-32,38H,16-21H2;1H4/t23-,30-,31+,32?;/m1./s1. The van der Waals surface area contributed by atoms with E-state index >= 15 is 0 Å². The highest BCUT2D eigenvalue weighted by Gasteiger charge is 2.71. The number of hydrogen-bond donors (Lipinski definition) is 1. The van der Waals surface area contributed by atoms with Crippen molar-refractivity contribution in [1.29, 1.82) is 0 Å². The number of piperazine rings is 1. The summed E-state index contributed by atoms with van der Waals surface area (Å²) in [6.07, 6.45) is -0.607. The van der Waals surface area contributed by atoms with E-state index in [1.165, 1.54) is 0 Å². The largest absolute Gasteiger partial charge is 0.490 e. The van der Waals surface area contributed by atoms with E-state index in [2.05, 4.69) is 21.9 Å². The van der Waals surface area contributed by atoms with Crippen molar-refractivity contribution in [2.45, 2.75) is 37.3 Å². The molecule has 3 aliphatic rings. The number of aliphatic hydroxyl groups is 1. The number of aliphatic hydroxyl groups excluding tert-OH is 1. The summed E-state index contributed by atoms with van der Waals surface area (Å²) in [5.41, 5.74) is 3.59. The van der Waals surface area contributed by atoms with Crippen molar-refractivity contribution < 1.29 is 18.6 Å². The Bertz CT molecular complexity index is 1440. The van der Waals surface area contributed by atoms with Crippen LogP contribution in [0.1, 0.15) is 47.6 Å². The molecule has 4 nitrogen and oxygen atoms in total. The van der Waals surface area contributed by atoms with Crippen LogP contribution in [0.4, 0.5) is 8.78 Å². The molecule has 0 bridgehead atoms. The first-order chi connectivity index (χ1) is 19.0. The van der Waals surface area contributed by atoms with E-state index in [-0.39, 0.29) is 20.1 Å². The zero-order chi connectivity index (χ0) is 26.6. The molecule has 6 heteroatoms. The monoisotopic (exact) mass is 542 g/mol. The molecule has 0 radical (unpaired) electrons. The molecule has 2 fully saturated rings. The van der Waals surface area contributed by atoms with Crippen molar-refractivity contribution in [2.75, 3.05) is 39.3 Å². The van der Waals surface area contributed by atoms with Gasteiger partial charge in [0.1, 0.15) is 18.5 Å². The van der Waals surface area contributed by atoms with Crippen molar-refractivity contribution in [1.82, 2.24) is 9.80 Å². The van der Waals surface area contributed by atoms with E-state index in [0.717, 1.165) is 65.0 Å². The maximum absolute atomic E-state index is 15.0. The van der Waals surface area contributed by atoms with Gasteiger partial charge in [0.2, 0.25) is 0 Å². The molecule has 0 amide bonds. The van der Waals surface area contributed by atoms with Crippen LogP contribution in [0.15, 0.2) is 91.0 Å². The molecule has 1 saturated heterocycles. The molecular weight excluding hydrogens is 506 g/mol. The molecule has 4 aromatic carbocycles. The summed E-state index contributed by atoms with van der Waals surface area (Å²) in [4.78, 5) is 4.70. The van der Waals surface area contributed by atoms with Crippen LogP contribution in [-0.4, -0.2) is 66.3 Å². The Balaban J connectivity index is 0.00000289. The molecule has 208 valence electrons. The van der Waals surface area contributed by atoms with Crippen molar-refractivity contribution in [3.8, 4) is 5.75 Å². The maximum Gasteiger partial charge on any atom is 0.263 e. The van der Waals surface area contributed by atoms with Crippen molar-refractivity contribution in [2.24, 2.45) is 0 Å². The Morgan fingerprint density at radius 3 is 1.95 bits per heavy atom. The third-order valence-electron chi connectivity index (χ3n) is 8.73. The predicted octanol–water partition coefficient (Wildman–Crippen LogP) is 6.45. The van der Waals surface area contributed by atoms with Gasteiger partial charge in [0.25, 0.3) is 5.92 Å². The molecule has 2 aliphatic carbocycles. The summed E-state index contributed by atoms with van der Waals surface area (Å²) in [5.74, 6) is -3.39. The van der Waals surface area contributed by atoms with Gasteiger partial charge in [-0.25, -0.2) is 8.78 Å². The minimum atomic E-state index is -2.69. The predicted molar refractivity (Wildman–Crippen MR) is 155 cm³/mol. The Labute approximate surface area is 234 Å². The zero-order valence-electron chi connectivity index (χ0n) is 21.7. The van der Waals surface area contributed by atoms with Crippen LogP contribution < -0.4 is 4.74 Å². The summed E-state index contributed by atoms with van der Waals surface area (Å²) < 4.78 is 36.0. The lowest BCUT2D eigenvalue weighted by atomic mass is 9.90. The van der Waals surface area contributed by atoms with Gasteiger partial charge in [-0.3, -0.25) is 9.80 Å². The second-order valence-electron chi connectivity index (χ2n) is 11.1. The van der Waals surface area contributed by atoms with Gasteiger partial charge in [-0.2, -0.15) is 0 Å². The molecule has 1 saturated carbocycles. The number of fused-ring (bicyclic) bond motifs is 6. The normalized spacial score (nSPS) is 24.1. The smallest absolute Gasteiger partial charge is 0.263 e. The quantitative estimate of drug-likeness (QED) is 0.304. The highest BCUT2D eigenvalue weighted by Crippen LogP contribution is 2.70. The zero-order valence-corrected chi connectivity index (χ0v) is 21.7. The Morgan fingerprint density at radius 1 is 0.750 bits per heavy atom. The molecule has 0 spiro atoms. The third-order valence-corrected chi connectivity index (χ3v) is 8.73. The molecule has 40 heavy (non-hydrogen) atoms. The minimum Gasteiger partial charge on any atom is -0.490 e. The summed E-state index contributed by atoms with van der Waals surface area (Å²) in [7, 11) is 0. The fourth-order valence-electron chi connectivity index (χ4n) is 6.81. The average molecular weight is 543 g/mol. The van der Waals surface area contributed by atoms with Crippen LogP contribution in [0.5, 0.6) is 5.75 Å². The summed E-state index contributed by atoms with van der Waals surface area (Å²) in [6.45, 7) is 3.97. The van der Waals surface area contributed by atoms with E-state index in [1.807, 2.05) is 78.9 Å². The van der Waals surface area contributed by atoms with E-state index < -0.39 is 23.9 Å². The van der Waals surface area contributed by atoms with Gasteiger partial charge in [-0.15, -0.1) is 0 Å². The first kappa shape index (κ1) is 26.9. The van der Waals surface area contributed by atoms with Crippen LogP contribution in [-0.2, 0) is 0 Å². The SMILES string of the molecule is C.O[C@@H](COc1cccc2ccccc12)CN1CCN(C2c3ccccc3[C@@H]3[C@H](c4ccccc42)C3(F)F)CC1. The number of β-amino-alcohol motifs (C(OH)–C–C–N with tert-alkyl or cyclic N) is 1. The van der Waals surface area contributed by atoms with Crippen molar-refractivity contribution >= 4 is 10.8 Å². The highest BCUT2D eigenvalue weighted by molar-refractivity contribution is 5.88. The second kappa shape index (κ2) is 10.6. The number of halogens is 2. The Morgan fingerprint density at radius 2 is 1.30 bits per heavy atom. The number of benzene rings is 4. The molecule has 1 aliphatic heterocycles. The number of hydrogen-bond acceptors (Lipinski definition) is 4. The fraction of sp³-hybridized carbons (Fsp3) is 0.353. The number of rotatable bonds is 6. The van der Waals surface area contributed by atoms with Crippen molar-refractivity contribution in [3.63, 3.8) is 0 Å². The third kappa shape index (κ3) is 4.58. The van der Waals surface area contributed by atoms with E-state index in [4.69, 9.17) is 4.74 Å². The van der Waals surface area contributed by atoms with Crippen LogP contribution in [0, 0.1) is 0 Å².